The second-order valence-corrected chi connectivity index (χ2v) is 4.11. The lowest BCUT2D eigenvalue weighted by atomic mass is 10.2. The average Bonchev–Trinajstić information content (AvgIpc) is 2.16. The zero-order valence-corrected chi connectivity index (χ0v) is 10.4. The Balaban J connectivity index is 2.60. The van der Waals surface area contributed by atoms with Crippen LogP contribution in [-0.4, -0.2) is 23.6 Å². The van der Waals surface area contributed by atoms with E-state index in [1.54, 1.807) is 6.07 Å². The third-order valence-electron chi connectivity index (χ3n) is 2.28. The molecular formula is C11H18ClN3. The van der Waals surface area contributed by atoms with Gasteiger partial charge in [0.1, 0.15) is 16.8 Å². The molecule has 0 aliphatic heterocycles. The molecule has 0 aliphatic carbocycles. The third-order valence-corrected chi connectivity index (χ3v) is 2.47. The fourth-order valence-corrected chi connectivity index (χ4v) is 1.65. The van der Waals surface area contributed by atoms with E-state index in [0.29, 0.717) is 5.15 Å². The van der Waals surface area contributed by atoms with Crippen molar-refractivity contribution in [2.45, 2.75) is 33.1 Å². The first-order valence-electron chi connectivity index (χ1n) is 5.35. The number of hydrogen-bond donors (Lipinski definition) is 0. The summed E-state index contributed by atoms with van der Waals surface area (Å²) in [5, 5.41) is 0.514. The van der Waals surface area contributed by atoms with Crippen LogP contribution in [0.25, 0.3) is 0 Å². The average molecular weight is 228 g/mol. The molecule has 1 heterocycles. The minimum absolute atomic E-state index is 0.514. The van der Waals surface area contributed by atoms with Crippen LogP contribution in [0.15, 0.2) is 6.07 Å². The summed E-state index contributed by atoms with van der Waals surface area (Å²) >= 11 is 5.88. The first-order chi connectivity index (χ1) is 7.13. The van der Waals surface area contributed by atoms with E-state index in [1.165, 1.54) is 19.3 Å². The van der Waals surface area contributed by atoms with Gasteiger partial charge < -0.3 is 4.90 Å². The van der Waals surface area contributed by atoms with Crippen molar-refractivity contribution in [2.75, 3.05) is 18.5 Å². The molecule has 0 unspecified atom stereocenters. The van der Waals surface area contributed by atoms with Gasteiger partial charge in [-0.1, -0.05) is 31.4 Å². The molecule has 0 bridgehead atoms. The first kappa shape index (κ1) is 12.2. The summed E-state index contributed by atoms with van der Waals surface area (Å²) in [6.07, 6.45) is 3.67. The van der Waals surface area contributed by atoms with Gasteiger partial charge >= 0.3 is 0 Å². The van der Waals surface area contributed by atoms with Crippen LogP contribution in [0.1, 0.15) is 32.0 Å². The van der Waals surface area contributed by atoms with Crippen LogP contribution >= 0.6 is 11.6 Å². The predicted octanol–water partition coefficient (Wildman–Crippen LogP) is 3.06. The normalized spacial score (nSPS) is 10.4. The minimum Gasteiger partial charge on any atom is -0.360 e. The highest BCUT2D eigenvalue weighted by molar-refractivity contribution is 6.29. The number of aryl methyl sites for hydroxylation is 1. The van der Waals surface area contributed by atoms with Crippen molar-refractivity contribution >= 4 is 17.4 Å². The molecule has 0 spiro atoms. The molecule has 84 valence electrons. The van der Waals surface area contributed by atoms with Crippen molar-refractivity contribution < 1.29 is 0 Å². The van der Waals surface area contributed by atoms with E-state index in [2.05, 4.69) is 21.8 Å². The Morgan fingerprint density at radius 1 is 1.33 bits per heavy atom. The second-order valence-electron chi connectivity index (χ2n) is 3.72. The fraction of sp³-hybridized carbons (Fsp3) is 0.636. The topological polar surface area (TPSA) is 29.0 Å². The Morgan fingerprint density at radius 3 is 2.67 bits per heavy atom. The van der Waals surface area contributed by atoms with Crippen LogP contribution in [0.4, 0.5) is 5.82 Å². The summed E-state index contributed by atoms with van der Waals surface area (Å²) < 4.78 is 0. The summed E-state index contributed by atoms with van der Waals surface area (Å²) in [5.74, 6) is 1.63. The Bertz CT molecular complexity index is 294. The number of nitrogens with zero attached hydrogens (tertiary/aromatic N) is 3. The number of rotatable bonds is 5. The molecule has 0 saturated heterocycles. The summed E-state index contributed by atoms with van der Waals surface area (Å²) in [6.45, 7) is 5.07. The van der Waals surface area contributed by atoms with Crippen LogP contribution in [0, 0.1) is 6.92 Å². The Hall–Kier alpha value is -0.830. The predicted molar refractivity (Wildman–Crippen MR) is 64.6 cm³/mol. The van der Waals surface area contributed by atoms with Crippen LogP contribution in [0.5, 0.6) is 0 Å². The van der Waals surface area contributed by atoms with Gasteiger partial charge in [0.15, 0.2) is 0 Å². The molecule has 15 heavy (non-hydrogen) atoms. The molecule has 0 atom stereocenters. The van der Waals surface area contributed by atoms with Gasteiger partial charge in [0.05, 0.1) is 0 Å². The highest BCUT2D eigenvalue weighted by Crippen LogP contribution is 2.15. The van der Waals surface area contributed by atoms with Crippen LogP contribution < -0.4 is 4.90 Å². The zero-order chi connectivity index (χ0) is 11.3. The van der Waals surface area contributed by atoms with Gasteiger partial charge in [-0.15, -0.1) is 0 Å². The van der Waals surface area contributed by atoms with Crippen LogP contribution in [0.3, 0.4) is 0 Å². The molecule has 0 aliphatic rings. The van der Waals surface area contributed by atoms with Gasteiger partial charge in [-0.2, -0.15) is 0 Å². The maximum atomic E-state index is 5.88. The molecule has 0 fully saturated rings. The molecule has 4 heteroatoms. The second kappa shape index (κ2) is 5.91. The van der Waals surface area contributed by atoms with Gasteiger partial charge in [-0.05, 0) is 13.3 Å². The quantitative estimate of drug-likeness (QED) is 0.572. The van der Waals surface area contributed by atoms with Crippen molar-refractivity contribution in [2.24, 2.45) is 0 Å². The van der Waals surface area contributed by atoms with E-state index in [0.717, 1.165) is 18.2 Å². The van der Waals surface area contributed by atoms with Gasteiger partial charge in [-0.3, -0.25) is 0 Å². The molecule has 3 nitrogen and oxygen atoms in total. The highest BCUT2D eigenvalue weighted by Gasteiger charge is 2.04. The molecule has 0 radical (unpaired) electrons. The van der Waals surface area contributed by atoms with E-state index in [9.17, 15) is 0 Å². The zero-order valence-electron chi connectivity index (χ0n) is 9.63. The van der Waals surface area contributed by atoms with Gasteiger partial charge in [0.25, 0.3) is 0 Å². The van der Waals surface area contributed by atoms with Gasteiger partial charge in [-0.25, -0.2) is 9.97 Å². The number of anilines is 1. The number of hydrogen-bond acceptors (Lipinski definition) is 3. The number of unbranched alkanes of at least 4 members (excludes halogenated alkanes) is 2. The van der Waals surface area contributed by atoms with Gasteiger partial charge in [0.2, 0.25) is 0 Å². The summed E-state index contributed by atoms with van der Waals surface area (Å²) in [5.41, 5.74) is 0. The molecule has 0 N–H and O–H groups in total. The first-order valence-corrected chi connectivity index (χ1v) is 5.73. The Kier molecular flexibility index (Phi) is 4.82. The van der Waals surface area contributed by atoms with Crippen molar-refractivity contribution in [3.63, 3.8) is 0 Å². The summed E-state index contributed by atoms with van der Waals surface area (Å²) in [7, 11) is 2.04. The van der Waals surface area contributed by atoms with E-state index in [1.807, 2.05) is 14.0 Å². The molecular weight excluding hydrogens is 210 g/mol. The Labute approximate surface area is 96.5 Å². The van der Waals surface area contributed by atoms with E-state index >= 15 is 0 Å². The molecule has 1 aromatic heterocycles. The maximum absolute atomic E-state index is 5.88. The van der Waals surface area contributed by atoms with Crippen molar-refractivity contribution in [3.8, 4) is 0 Å². The smallest absolute Gasteiger partial charge is 0.134 e. The minimum atomic E-state index is 0.514. The lowest BCUT2D eigenvalue weighted by Crippen LogP contribution is -2.20. The largest absolute Gasteiger partial charge is 0.360 e. The van der Waals surface area contributed by atoms with Crippen molar-refractivity contribution in [1.29, 1.82) is 0 Å². The van der Waals surface area contributed by atoms with Crippen molar-refractivity contribution in [1.82, 2.24) is 9.97 Å². The van der Waals surface area contributed by atoms with E-state index in [-0.39, 0.29) is 0 Å². The molecule has 0 amide bonds. The number of aromatic nitrogens is 2. The lowest BCUT2D eigenvalue weighted by Gasteiger charge is -2.18. The van der Waals surface area contributed by atoms with Crippen molar-refractivity contribution in [3.05, 3.63) is 17.0 Å². The SMILES string of the molecule is CCCCCN(C)c1cc(Cl)nc(C)n1. The van der Waals surface area contributed by atoms with Gasteiger partial charge in [0, 0.05) is 19.7 Å². The molecule has 1 rings (SSSR count). The van der Waals surface area contributed by atoms with Crippen LogP contribution in [0.2, 0.25) is 5.15 Å². The monoisotopic (exact) mass is 227 g/mol. The van der Waals surface area contributed by atoms with Crippen LogP contribution in [-0.2, 0) is 0 Å². The van der Waals surface area contributed by atoms with E-state index < -0.39 is 0 Å². The molecule has 0 saturated carbocycles. The summed E-state index contributed by atoms with van der Waals surface area (Å²) in [4.78, 5) is 10.5. The third kappa shape index (κ3) is 4.04. The standard InChI is InChI=1S/C11H18ClN3/c1-4-5-6-7-15(3)11-8-10(12)13-9(2)14-11/h8H,4-7H2,1-3H3. The highest BCUT2D eigenvalue weighted by atomic mass is 35.5. The number of halogens is 1. The van der Waals surface area contributed by atoms with E-state index in [4.69, 9.17) is 11.6 Å². The molecule has 1 aromatic rings. The Morgan fingerprint density at radius 2 is 2.07 bits per heavy atom. The fourth-order valence-electron chi connectivity index (χ4n) is 1.43. The summed E-state index contributed by atoms with van der Waals surface area (Å²) in [6, 6.07) is 1.81. The molecule has 0 aromatic carbocycles. The lowest BCUT2D eigenvalue weighted by molar-refractivity contribution is 0.700. The maximum Gasteiger partial charge on any atom is 0.134 e.